The summed E-state index contributed by atoms with van der Waals surface area (Å²) in [5.41, 5.74) is 7.79. The first-order chi connectivity index (χ1) is 12.6. The van der Waals surface area contributed by atoms with Gasteiger partial charge in [0.1, 0.15) is 5.69 Å². The number of aromatic nitrogens is 2. The maximum Gasteiger partial charge on any atom is 0.289 e. The van der Waals surface area contributed by atoms with Crippen molar-refractivity contribution in [1.82, 2.24) is 15.6 Å². The highest BCUT2D eigenvalue weighted by Gasteiger charge is 2.24. The number of carbonyl (C=O) groups is 1. The summed E-state index contributed by atoms with van der Waals surface area (Å²) in [6, 6.07) is 13.2. The summed E-state index contributed by atoms with van der Waals surface area (Å²) in [7, 11) is 0. The van der Waals surface area contributed by atoms with E-state index in [-0.39, 0.29) is 5.91 Å². The van der Waals surface area contributed by atoms with Gasteiger partial charge in [-0.05, 0) is 36.1 Å². The second kappa shape index (κ2) is 6.94. The molecule has 0 bridgehead atoms. The third-order valence-electron chi connectivity index (χ3n) is 4.33. The number of hydrogen-bond acceptors (Lipinski definition) is 3. The summed E-state index contributed by atoms with van der Waals surface area (Å²) in [6.45, 7) is 0. The van der Waals surface area contributed by atoms with E-state index in [2.05, 4.69) is 26.8 Å². The number of nitrogens with zero attached hydrogens (tertiary/aromatic N) is 2. The number of amides is 1. The Hall–Kier alpha value is -2.63. The number of carbonyl (C=O) groups excluding carboxylic acids is 1. The molecule has 0 spiro atoms. The molecule has 0 unspecified atom stereocenters. The normalized spacial score (nSPS) is 12.7. The number of aromatic amines is 1. The van der Waals surface area contributed by atoms with E-state index < -0.39 is 0 Å². The van der Waals surface area contributed by atoms with Crippen LogP contribution in [0, 0.1) is 0 Å². The number of nitrogens with one attached hydrogen (secondary N) is 2. The monoisotopic (exact) mass is 384 g/mol. The molecular weight excluding hydrogens is 371 g/mol. The molecule has 1 heterocycles. The molecule has 0 radical (unpaired) electrons. The molecule has 1 amide bonds. The van der Waals surface area contributed by atoms with Crippen LogP contribution in [0.2, 0.25) is 10.0 Å². The van der Waals surface area contributed by atoms with Crippen LogP contribution in [0.15, 0.2) is 47.6 Å². The molecule has 26 heavy (non-hydrogen) atoms. The van der Waals surface area contributed by atoms with Gasteiger partial charge in [-0.25, -0.2) is 5.43 Å². The summed E-state index contributed by atoms with van der Waals surface area (Å²) in [4.78, 5) is 12.5. The molecule has 4 rings (SSSR count). The molecule has 130 valence electrons. The molecule has 0 atom stereocenters. The smallest absolute Gasteiger partial charge is 0.272 e. The number of aryl methyl sites for hydroxylation is 1. The Morgan fingerprint density at radius 3 is 2.85 bits per heavy atom. The lowest BCUT2D eigenvalue weighted by Crippen LogP contribution is -2.20. The van der Waals surface area contributed by atoms with Gasteiger partial charge >= 0.3 is 0 Å². The van der Waals surface area contributed by atoms with Crippen LogP contribution < -0.4 is 5.43 Å². The third-order valence-corrected chi connectivity index (χ3v) is 5.07. The van der Waals surface area contributed by atoms with Gasteiger partial charge < -0.3 is 0 Å². The molecule has 1 aromatic heterocycles. The molecule has 1 aliphatic carbocycles. The minimum atomic E-state index is -0.325. The number of hydrogen-bond donors (Lipinski definition) is 2. The lowest BCUT2D eigenvalue weighted by atomic mass is 9.89. The Kier molecular flexibility index (Phi) is 4.49. The van der Waals surface area contributed by atoms with E-state index in [1.807, 2.05) is 18.2 Å². The highest BCUT2D eigenvalue weighted by molar-refractivity contribution is 6.42. The fraction of sp³-hybridized carbons (Fsp3) is 0.105. The molecule has 2 N–H and O–H groups in total. The fourth-order valence-corrected chi connectivity index (χ4v) is 3.37. The van der Waals surface area contributed by atoms with Crippen molar-refractivity contribution in [3.8, 4) is 11.3 Å². The van der Waals surface area contributed by atoms with Crippen LogP contribution >= 0.6 is 23.2 Å². The minimum Gasteiger partial charge on any atom is -0.272 e. The minimum absolute atomic E-state index is 0.325. The standard InChI is InChI=1S/C19H14Cl2N4O/c20-15-8-5-11(9-16(15)21)10-22-25-19(26)18-14-7-6-12-3-1-2-4-13(12)17(14)23-24-18/h1-5,8-10H,6-7H2,(H,23,24)(H,25,26)/b22-10-. The molecule has 0 aliphatic heterocycles. The zero-order valence-electron chi connectivity index (χ0n) is 13.6. The van der Waals surface area contributed by atoms with Gasteiger partial charge in [0.25, 0.3) is 5.91 Å². The topological polar surface area (TPSA) is 70.1 Å². The van der Waals surface area contributed by atoms with E-state index in [9.17, 15) is 4.79 Å². The molecule has 7 heteroatoms. The fourth-order valence-electron chi connectivity index (χ4n) is 3.06. The Labute approximate surface area is 160 Å². The van der Waals surface area contributed by atoms with Crippen molar-refractivity contribution < 1.29 is 4.79 Å². The largest absolute Gasteiger partial charge is 0.289 e. The van der Waals surface area contributed by atoms with Gasteiger partial charge in [-0.15, -0.1) is 0 Å². The second-order valence-corrected chi connectivity index (χ2v) is 6.77. The molecule has 3 aromatic rings. The van der Waals surface area contributed by atoms with Crippen LogP contribution in [0.1, 0.15) is 27.2 Å². The van der Waals surface area contributed by atoms with E-state index in [1.165, 1.54) is 11.8 Å². The van der Waals surface area contributed by atoms with E-state index in [1.54, 1.807) is 18.2 Å². The quantitative estimate of drug-likeness (QED) is 0.523. The van der Waals surface area contributed by atoms with Crippen LogP contribution in [-0.2, 0) is 12.8 Å². The van der Waals surface area contributed by atoms with E-state index in [0.29, 0.717) is 15.7 Å². The van der Waals surface area contributed by atoms with Crippen molar-refractivity contribution in [2.75, 3.05) is 0 Å². The zero-order chi connectivity index (χ0) is 18.1. The first kappa shape index (κ1) is 16.8. The van der Waals surface area contributed by atoms with Crippen molar-refractivity contribution in [3.05, 3.63) is 74.9 Å². The number of H-pyrrole nitrogens is 1. The van der Waals surface area contributed by atoms with Crippen molar-refractivity contribution in [2.45, 2.75) is 12.8 Å². The summed E-state index contributed by atoms with van der Waals surface area (Å²) in [5, 5.41) is 12.1. The molecular formula is C19H14Cl2N4O. The lowest BCUT2D eigenvalue weighted by molar-refractivity contribution is 0.0949. The number of halogens is 2. The predicted molar refractivity (Wildman–Crippen MR) is 103 cm³/mol. The van der Waals surface area contributed by atoms with Crippen LogP contribution in [0.3, 0.4) is 0 Å². The highest BCUT2D eigenvalue weighted by Crippen LogP contribution is 2.33. The number of hydrazone groups is 1. The highest BCUT2D eigenvalue weighted by atomic mass is 35.5. The molecule has 5 nitrogen and oxygen atoms in total. The molecule has 1 aliphatic rings. The van der Waals surface area contributed by atoms with Gasteiger partial charge in [-0.1, -0.05) is 53.5 Å². The molecule has 2 aromatic carbocycles. The van der Waals surface area contributed by atoms with Crippen LogP contribution in [-0.4, -0.2) is 22.3 Å². The Morgan fingerprint density at radius 1 is 1.15 bits per heavy atom. The van der Waals surface area contributed by atoms with E-state index >= 15 is 0 Å². The first-order valence-corrected chi connectivity index (χ1v) is 8.83. The van der Waals surface area contributed by atoms with Crippen molar-refractivity contribution in [1.29, 1.82) is 0 Å². The van der Waals surface area contributed by atoms with Gasteiger partial charge in [0.2, 0.25) is 0 Å². The molecule has 0 saturated heterocycles. The zero-order valence-corrected chi connectivity index (χ0v) is 15.1. The Bertz CT molecular complexity index is 1030. The Balaban J connectivity index is 1.52. The van der Waals surface area contributed by atoms with Crippen LogP contribution in [0.4, 0.5) is 0 Å². The van der Waals surface area contributed by atoms with E-state index in [4.69, 9.17) is 23.2 Å². The summed E-state index contributed by atoms with van der Waals surface area (Å²) >= 11 is 11.8. The maximum atomic E-state index is 12.5. The maximum absolute atomic E-state index is 12.5. The van der Waals surface area contributed by atoms with Crippen LogP contribution in [0.25, 0.3) is 11.3 Å². The van der Waals surface area contributed by atoms with Crippen molar-refractivity contribution >= 4 is 35.3 Å². The SMILES string of the molecule is O=C(N/N=C\c1ccc(Cl)c(Cl)c1)c1[nH]nc2c1CCc1ccccc1-2. The van der Waals surface area contributed by atoms with Gasteiger partial charge in [0.05, 0.1) is 22.0 Å². The van der Waals surface area contributed by atoms with Crippen molar-refractivity contribution in [2.24, 2.45) is 5.10 Å². The van der Waals surface area contributed by atoms with E-state index in [0.717, 1.165) is 35.2 Å². The Morgan fingerprint density at radius 2 is 2.00 bits per heavy atom. The average Bonchev–Trinajstić information content (AvgIpc) is 3.09. The lowest BCUT2D eigenvalue weighted by Gasteiger charge is -2.15. The summed E-state index contributed by atoms with van der Waals surface area (Å²) < 4.78 is 0. The summed E-state index contributed by atoms with van der Waals surface area (Å²) in [5.74, 6) is -0.325. The number of rotatable bonds is 3. The third kappa shape index (κ3) is 3.11. The number of benzene rings is 2. The summed E-state index contributed by atoms with van der Waals surface area (Å²) in [6.07, 6.45) is 3.16. The average molecular weight is 385 g/mol. The van der Waals surface area contributed by atoms with Gasteiger partial charge in [0, 0.05) is 11.1 Å². The molecule has 0 fully saturated rings. The van der Waals surface area contributed by atoms with Gasteiger partial charge in [0.15, 0.2) is 0 Å². The first-order valence-electron chi connectivity index (χ1n) is 8.07. The van der Waals surface area contributed by atoms with Crippen molar-refractivity contribution in [3.63, 3.8) is 0 Å². The molecule has 0 saturated carbocycles. The predicted octanol–water partition coefficient (Wildman–Crippen LogP) is 4.25. The second-order valence-electron chi connectivity index (χ2n) is 5.96. The van der Waals surface area contributed by atoms with Gasteiger partial charge in [-0.2, -0.15) is 10.2 Å². The van der Waals surface area contributed by atoms with Gasteiger partial charge in [-0.3, -0.25) is 9.89 Å². The number of fused-ring (bicyclic) bond motifs is 3. The van der Waals surface area contributed by atoms with Crippen LogP contribution in [0.5, 0.6) is 0 Å².